The summed E-state index contributed by atoms with van der Waals surface area (Å²) in [6.07, 6.45) is -0.221. The highest BCUT2D eigenvalue weighted by atomic mass is 35.5. The van der Waals surface area contributed by atoms with Crippen LogP contribution in [0.1, 0.15) is 5.56 Å². The SMILES string of the molecule is O=C(COC(=O)Cc1ccccc1F)Nc1ccc(Cl)cc1. The Labute approximate surface area is 131 Å². The number of esters is 1. The van der Waals surface area contributed by atoms with Gasteiger partial charge in [-0.2, -0.15) is 0 Å². The van der Waals surface area contributed by atoms with Gasteiger partial charge in [0.1, 0.15) is 5.82 Å². The van der Waals surface area contributed by atoms with Crippen molar-refractivity contribution in [1.82, 2.24) is 0 Å². The highest BCUT2D eigenvalue weighted by Crippen LogP contribution is 2.13. The zero-order valence-corrected chi connectivity index (χ0v) is 12.3. The maximum Gasteiger partial charge on any atom is 0.310 e. The van der Waals surface area contributed by atoms with Gasteiger partial charge in [0, 0.05) is 10.7 Å². The molecule has 1 amide bonds. The third-order valence-electron chi connectivity index (χ3n) is 2.78. The molecule has 22 heavy (non-hydrogen) atoms. The first kappa shape index (κ1) is 16.0. The van der Waals surface area contributed by atoms with Crippen LogP contribution in [0.2, 0.25) is 5.02 Å². The molecule has 0 aliphatic rings. The van der Waals surface area contributed by atoms with Crippen LogP contribution in [0.3, 0.4) is 0 Å². The molecule has 0 aliphatic heterocycles. The van der Waals surface area contributed by atoms with E-state index < -0.39 is 24.3 Å². The second-order valence-electron chi connectivity index (χ2n) is 4.48. The minimum atomic E-state index is -0.670. The van der Waals surface area contributed by atoms with Crippen molar-refractivity contribution in [2.45, 2.75) is 6.42 Å². The summed E-state index contributed by atoms with van der Waals surface area (Å²) in [5.41, 5.74) is 0.769. The van der Waals surface area contributed by atoms with Crippen molar-refractivity contribution in [1.29, 1.82) is 0 Å². The fourth-order valence-electron chi connectivity index (χ4n) is 1.72. The maximum absolute atomic E-state index is 13.4. The smallest absolute Gasteiger partial charge is 0.310 e. The number of carbonyl (C=O) groups excluding carboxylic acids is 2. The molecule has 114 valence electrons. The third kappa shape index (κ3) is 4.86. The summed E-state index contributed by atoms with van der Waals surface area (Å²) in [7, 11) is 0. The van der Waals surface area contributed by atoms with E-state index >= 15 is 0 Å². The van der Waals surface area contributed by atoms with Crippen molar-refractivity contribution < 1.29 is 18.7 Å². The van der Waals surface area contributed by atoms with Gasteiger partial charge in [-0.1, -0.05) is 29.8 Å². The Morgan fingerprint density at radius 2 is 1.77 bits per heavy atom. The van der Waals surface area contributed by atoms with E-state index in [4.69, 9.17) is 16.3 Å². The van der Waals surface area contributed by atoms with Crippen LogP contribution in [-0.2, 0) is 20.7 Å². The monoisotopic (exact) mass is 321 g/mol. The van der Waals surface area contributed by atoms with Crippen molar-refractivity contribution in [2.24, 2.45) is 0 Å². The predicted molar refractivity (Wildman–Crippen MR) is 81.1 cm³/mol. The molecule has 0 saturated heterocycles. The number of hydrogen-bond donors (Lipinski definition) is 1. The lowest BCUT2D eigenvalue weighted by atomic mass is 10.1. The Morgan fingerprint density at radius 1 is 1.09 bits per heavy atom. The summed E-state index contributed by atoms with van der Waals surface area (Å²) < 4.78 is 18.2. The molecule has 0 unspecified atom stereocenters. The highest BCUT2D eigenvalue weighted by Gasteiger charge is 2.11. The zero-order chi connectivity index (χ0) is 15.9. The number of anilines is 1. The molecular weight excluding hydrogens is 309 g/mol. The van der Waals surface area contributed by atoms with Gasteiger partial charge in [0.2, 0.25) is 0 Å². The first-order valence-corrected chi connectivity index (χ1v) is 6.87. The standard InChI is InChI=1S/C16H13ClFNO3/c17-12-5-7-13(8-6-12)19-15(20)10-22-16(21)9-11-3-1-2-4-14(11)18/h1-8H,9-10H2,(H,19,20). The van der Waals surface area contributed by atoms with Crippen LogP contribution in [0.5, 0.6) is 0 Å². The number of amides is 1. The summed E-state index contributed by atoms with van der Waals surface area (Å²) in [5.74, 6) is -1.63. The Hall–Kier alpha value is -2.40. The van der Waals surface area contributed by atoms with Crippen LogP contribution in [-0.4, -0.2) is 18.5 Å². The minimum absolute atomic E-state index is 0.221. The van der Waals surface area contributed by atoms with Crippen LogP contribution in [0.15, 0.2) is 48.5 Å². The van der Waals surface area contributed by atoms with Crippen molar-refractivity contribution in [3.05, 3.63) is 64.9 Å². The Bertz CT molecular complexity index is 673. The first-order chi connectivity index (χ1) is 10.5. The number of hydrogen-bond acceptors (Lipinski definition) is 3. The number of ether oxygens (including phenoxy) is 1. The molecule has 6 heteroatoms. The van der Waals surface area contributed by atoms with Crippen LogP contribution >= 0.6 is 11.6 Å². The number of halogens is 2. The molecule has 0 heterocycles. The van der Waals surface area contributed by atoms with Gasteiger partial charge in [0.15, 0.2) is 6.61 Å². The average Bonchev–Trinajstić information content (AvgIpc) is 2.50. The van der Waals surface area contributed by atoms with Gasteiger partial charge in [-0.3, -0.25) is 9.59 Å². The van der Waals surface area contributed by atoms with Crippen LogP contribution in [0, 0.1) is 5.82 Å². The normalized spacial score (nSPS) is 10.1. The quantitative estimate of drug-likeness (QED) is 0.860. The number of rotatable bonds is 5. The van der Waals surface area contributed by atoms with Gasteiger partial charge in [-0.05, 0) is 35.9 Å². The van der Waals surface area contributed by atoms with Crippen molar-refractivity contribution >= 4 is 29.2 Å². The lowest BCUT2D eigenvalue weighted by Crippen LogP contribution is -2.21. The zero-order valence-electron chi connectivity index (χ0n) is 11.5. The highest BCUT2D eigenvalue weighted by molar-refractivity contribution is 6.30. The Morgan fingerprint density at radius 3 is 2.45 bits per heavy atom. The molecule has 0 spiro atoms. The minimum Gasteiger partial charge on any atom is -0.455 e. The van der Waals surface area contributed by atoms with Crippen LogP contribution < -0.4 is 5.32 Å². The van der Waals surface area contributed by atoms with E-state index in [9.17, 15) is 14.0 Å². The number of carbonyl (C=O) groups is 2. The van der Waals surface area contributed by atoms with Gasteiger partial charge in [-0.15, -0.1) is 0 Å². The summed E-state index contributed by atoms with van der Waals surface area (Å²) in [4.78, 5) is 23.2. The molecule has 0 bridgehead atoms. The van der Waals surface area contributed by atoms with Gasteiger partial charge in [0.05, 0.1) is 6.42 Å². The molecule has 0 aromatic heterocycles. The van der Waals surface area contributed by atoms with Gasteiger partial charge in [-0.25, -0.2) is 4.39 Å². The summed E-state index contributed by atoms with van der Waals surface area (Å²) in [5, 5.41) is 3.10. The van der Waals surface area contributed by atoms with Crippen LogP contribution in [0.25, 0.3) is 0 Å². The molecule has 0 fully saturated rings. The summed E-state index contributed by atoms with van der Waals surface area (Å²) >= 11 is 5.73. The van der Waals surface area contributed by atoms with E-state index in [-0.39, 0.29) is 12.0 Å². The van der Waals surface area contributed by atoms with E-state index in [1.54, 1.807) is 30.3 Å². The van der Waals surface area contributed by atoms with E-state index in [0.29, 0.717) is 10.7 Å². The Kier molecular flexibility index (Phi) is 5.49. The Balaban J connectivity index is 1.79. The lowest BCUT2D eigenvalue weighted by molar-refractivity contribution is -0.146. The van der Waals surface area contributed by atoms with Gasteiger partial charge >= 0.3 is 5.97 Å². The molecule has 1 N–H and O–H groups in total. The van der Waals surface area contributed by atoms with Crippen LogP contribution in [0.4, 0.5) is 10.1 Å². The molecule has 0 radical (unpaired) electrons. The summed E-state index contributed by atoms with van der Waals surface area (Å²) in [6.45, 7) is -0.435. The van der Waals surface area contributed by atoms with E-state index in [0.717, 1.165) is 0 Å². The molecular formula is C16H13ClFNO3. The molecule has 2 rings (SSSR count). The largest absolute Gasteiger partial charge is 0.455 e. The second-order valence-corrected chi connectivity index (χ2v) is 4.92. The molecule has 2 aromatic carbocycles. The van der Waals surface area contributed by atoms with E-state index in [1.807, 2.05) is 0 Å². The number of nitrogens with one attached hydrogen (secondary N) is 1. The fourth-order valence-corrected chi connectivity index (χ4v) is 1.85. The lowest BCUT2D eigenvalue weighted by Gasteiger charge is -2.07. The molecule has 0 atom stereocenters. The van der Waals surface area contributed by atoms with Crippen molar-refractivity contribution in [2.75, 3.05) is 11.9 Å². The van der Waals surface area contributed by atoms with Gasteiger partial charge < -0.3 is 10.1 Å². The third-order valence-corrected chi connectivity index (χ3v) is 3.04. The molecule has 2 aromatic rings. The second kappa shape index (κ2) is 7.56. The van der Waals surface area contributed by atoms with E-state index in [2.05, 4.69) is 5.32 Å². The number of benzene rings is 2. The first-order valence-electron chi connectivity index (χ1n) is 6.49. The predicted octanol–water partition coefficient (Wildman–Crippen LogP) is 3.20. The van der Waals surface area contributed by atoms with Crippen molar-refractivity contribution in [3.63, 3.8) is 0 Å². The molecule has 0 saturated carbocycles. The average molecular weight is 322 g/mol. The van der Waals surface area contributed by atoms with Crippen molar-refractivity contribution in [3.8, 4) is 0 Å². The van der Waals surface area contributed by atoms with E-state index in [1.165, 1.54) is 18.2 Å². The molecule has 4 nitrogen and oxygen atoms in total. The fraction of sp³-hybridized carbons (Fsp3) is 0.125. The molecule has 0 aliphatic carbocycles. The summed E-state index contributed by atoms with van der Waals surface area (Å²) in [6, 6.07) is 12.4. The maximum atomic E-state index is 13.4. The topological polar surface area (TPSA) is 55.4 Å². The van der Waals surface area contributed by atoms with Gasteiger partial charge in [0.25, 0.3) is 5.91 Å².